The quantitative estimate of drug-likeness (QED) is 0.656. The molecule has 1 amide bonds. The fraction of sp³-hybridized carbons (Fsp3) is 0.417. The minimum absolute atomic E-state index is 0.243. The van der Waals surface area contributed by atoms with Crippen molar-refractivity contribution in [2.45, 2.75) is 23.9 Å². The van der Waals surface area contributed by atoms with Gasteiger partial charge in [0, 0.05) is 0 Å². The Kier molecular flexibility index (Phi) is 3.59. The number of nitrogens with one attached hydrogen (secondary N) is 2. The maximum atomic E-state index is 12.7. The lowest BCUT2D eigenvalue weighted by Gasteiger charge is -2.17. The van der Waals surface area contributed by atoms with E-state index in [-0.39, 0.29) is 12.1 Å². The van der Waals surface area contributed by atoms with Crippen molar-refractivity contribution in [1.82, 2.24) is 5.43 Å². The highest BCUT2D eigenvalue weighted by molar-refractivity contribution is 6.53. The second-order valence-electron chi connectivity index (χ2n) is 4.84. The molecule has 1 aliphatic rings. The average molecular weight is 327 g/mol. The van der Waals surface area contributed by atoms with E-state index < -0.39 is 27.4 Å². The van der Waals surface area contributed by atoms with E-state index in [0.29, 0.717) is 0 Å². The minimum atomic E-state index is -4.51. The molecule has 8 heteroatoms. The van der Waals surface area contributed by atoms with E-state index in [9.17, 15) is 18.0 Å². The number of halogens is 5. The molecule has 1 aliphatic carbocycles. The summed E-state index contributed by atoms with van der Waals surface area (Å²) in [6, 6.07) is 4.82. The number of amides is 1. The molecule has 1 aromatic carbocycles. The summed E-state index contributed by atoms with van der Waals surface area (Å²) in [7, 11) is 0. The van der Waals surface area contributed by atoms with Crippen LogP contribution < -0.4 is 10.9 Å². The van der Waals surface area contributed by atoms with E-state index in [0.717, 1.165) is 6.07 Å². The summed E-state index contributed by atoms with van der Waals surface area (Å²) in [5, 5.41) is 0. The van der Waals surface area contributed by atoms with Gasteiger partial charge in [-0.2, -0.15) is 13.2 Å². The molecule has 0 radical (unpaired) electrons. The molecule has 1 atom stereocenters. The maximum Gasteiger partial charge on any atom is 0.418 e. The maximum absolute atomic E-state index is 12.7. The van der Waals surface area contributed by atoms with Crippen molar-refractivity contribution in [1.29, 1.82) is 0 Å². The Bertz CT molecular complexity index is 548. The predicted molar refractivity (Wildman–Crippen MR) is 70.4 cm³/mol. The van der Waals surface area contributed by atoms with E-state index in [1.165, 1.54) is 18.2 Å². The van der Waals surface area contributed by atoms with E-state index >= 15 is 0 Å². The highest BCUT2D eigenvalue weighted by Crippen LogP contribution is 2.63. The molecule has 0 heterocycles. The van der Waals surface area contributed by atoms with Crippen LogP contribution in [0.3, 0.4) is 0 Å². The third kappa shape index (κ3) is 2.67. The van der Waals surface area contributed by atoms with Gasteiger partial charge >= 0.3 is 6.18 Å². The fourth-order valence-corrected chi connectivity index (χ4v) is 2.45. The van der Waals surface area contributed by atoms with Gasteiger partial charge < -0.3 is 0 Å². The predicted octanol–water partition coefficient (Wildman–Crippen LogP) is 3.73. The van der Waals surface area contributed by atoms with E-state index in [1.807, 2.05) is 0 Å². The van der Waals surface area contributed by atoms with Crippen molar-refractivity contribution in [3.63, 3.8) is 0 Å². The van der Waals surface area contributed by atoms with Crippen LogP contribution in [0, 0.1) is 5.41 Å². The number of carbonyl (C=O) groups is 1. The van der Waals surface area contributed by atoms with Crippen LogP contribution in [-0.2, 0) is 11.0 Å². The summed E-state index contributed by atoms with van der Waals surface area (Å²) >= 11 is 11.7. The number of anilines is 1. The minimum Gasteiger partial charge on any atom is -0.298 e. The van der Waals surface area contributed by atoms with Crippen LogP contribution in [-0.4, -0.2) is 10.2 Å². The molecule has 0 spiro atoms. The van der Waals surface area contributed by atoms with E-state index in [4.69, 9.17) is 23.2 Å². The Hall–Kier alpha value is -1.14. The zero-order valence-corrected chi connectivity index (χ0v) is 11.8. The van der Waals surface area contributed by atoms with Gasteiger partial charge in [-0.05, 0) is 25.5 Å². The molecule has 110 valence electrons. The summed E-state index contributed by atoms with van der Waals surface area (Å²) in [6.07, 6.45) is -4.27. The SMILES string of the molecule is CC1(C(=O)NNc2ccccc2C(F)(F)F)CC1(Cl)Cl. The van der Waals surface area contributed by atoms with E-state index in [1.54, 1.807) is 6.92 Å². The Morgan fingerprint density at radius 1 is 1.30 bits per heavy atom. The molecular formula is C12H11Cl2F3N2O. The van der Waals surface area contributed by atoms with Crippen LogP contribution in [0.5, 0.6) is 0 Å². The third-order valence-electron chi connectivity index (χ3n) is 3.30. The standard InChI is InChI=1S/C12H11Cl2F3N2O/c1-10(6-11(10,13)14)9(20)19-18-8-5-3-2-4-7(8)12(15,16)17/h2-5,18H,6H2,1H3,(H,19,20). The van der Waals surface area contributed by atoms with Crippen LogP contribution in [0.25, 0.3) is 0 Å². The number of benzene rings is 1. The highest BCUT2D eigenvalue weighted by atomic mass is 35.5. The van der Waals surface area contributed by atoms with Crippen molar-refractivity contribution in [3.8, 4) is 0 Å². The third-order valence-corrected chi connectivity index (χ3v) is 4.40. The topological polar surface area (TPSA) is 41.1 Å². The molecule has 0 bridgehead atoms. The number of hydrogen-bond donors (Lipinski definition) is 2. The molecule has 2 N–H and O–H groups in total. The first-order chi connectivity index (χ1) is 9.08. The summed E-state index contributed by atoms with van der Waals surface area (Å²) < 4.78 is 37.1. The smallest absolute Gasteiger partial charge is 0.298 e. The highest BCUT2D eigenvalue weighted by Gasteiger charge is 2.68. The molecule has 0 aromatic heterocycles. The van der Waals surface area contributed by atoms with Crippen molar-refractivity contribution in [2.75, 3.05) is 5.43 Å². The van der Waals surface area contributed by atoms with Crippen LogP contribution >= 0.6 is 23.2 Å². The number of carbonyl (C=O) groups excluding carboxylic acids is 1. The van der Waals surface area contributed by atoms with Crippen LogP contribution in [0.1, 0.15) is 18.9 Å². The zero-order chi connectivity index (χ0) is 15.2. The van der Waals surface area contributed by atoms with Gasteiger partial charge in [-0.15, -0.1) is 23.2 Å². The lowest BCUT2D eigenvalue weighted by molar-refractivity contribution is -0.137. The van der Waals surface area contributed by atoms with Crippen molar-refractivity contribution >= 4 is 34.8 Å². The molecule has 1 fully saturated rings. The monoisotopic (exact) mass is 326 g/mol. The number of hydrazine groups is 1. The van der Waals surface area contributed by atoms with Gasteiger partial charge in [-0.25, -0.2) is 0 Å². The van der Waals surface area contributed by atoms with Crippen LogP contribution in [0.4, 0.5) is 18.9 Å². The Morgan fingerprint density at radius 3 is 2.35 bits per heavy atom. The zero-order valence-electron chi connectivity index (χ0n) is 10.3. The first-order valence-electron chi connectivity index (χ1n) is 5.68. The fourth-order valence-electron chi connectivity index (χ4n) is 1.75. The lowest BCUT2D eigenvalue weighted by Crippen LogP contribution is -2.37. The summed E-state index contributed by atoms with van der Waals surface area (Å²) in [4.78, 5) is 11.9. The molecule has 1 unspecified atom stereocenters. The molecule has 1 saturated carbocycles. The second kappa shape index (κ2) is 4.70. The Labute approximate surface area is 123 Å². The molecule has 1 aromatic rings. The first kappa shape index (κ1) is 15.3. The molecule has 0 saturated heterocycles. The Balaban J connectivity index is 2.08. The molecule has 2 rings (SSSR count). The summed E-state index contributed by atoms with van der Waals surface area (Å²) in [5.74, 6) is -0.556. The lowest BCUT2D eigenvalue weighted by atomic mass is 10.1. The summed E-state index contributed by atoms with van der Waals surface area (Å²) in [5.41, 5.74) is 2.36. The van der Waals surface area contributed by atoms with Crippen molar-refractivity contribution < 1.29 is 18.0 Å². The van der Waals surface area contributed by atoms with Gasteiger partial charge in [0.25, 0.3) is 0 Å². The van der Waals surface area contributed by atoms with Gasteiger partial charge in [0.05, 0.1) is 16.7 Å². The average Bonchev–Trinajstić information content (AvgIpc) is 2.86. The number of alkyl halides is 5. The van der Waals surface area contributed by atoms with Gasteiger partial charge in [-0.1, -0.05) is 12.1 Å². The van der Waals surface area contributed by atoms with Crippen LogP contribution in [0.15, 0.2) is 24.3 Å². The molecular weight excluding hydrogens is 316 g/mol. The normalized spacial score (nSPS) is 24.1. The van der Waals surface area contributed by atoms with Crippen molar-refractivity contribution in [3.05, 3.63) is 29.8 Å². The van der Waals surface area contributed by atoms with Crippen LogP contribution in [0.2, 0.25) is 0 Å². The molecule has 3 nitrogen and oxygen atoms in total. The Morgan fingerprint density at radius 2 is 1.85 bits per heavy atom. The largest absolute Gasteiger partial charge is 0.418 e. The second-order valence-corrected chi connectivity index (χ2v) is 6.32. The number of rotatable bonds is 3. The number of para-hydroxylation sites is 1. The molecule has 20 heavy (non-hydrogen) atoms. The van der Waals surface area contributed by atoms with E-state index in [2.05, 4.69) is 10.9 Å². The first-order valence-corrected chi connectivity index (χ1v) is 6.44. The van der Waals surface area contributed by atoms with Gasteiger partial charge in [-0.3, -0.25) is 15.6 Å². The molecule has 0 aliphatic heterocycles. The summed E-state index contributed by atoms with van der Waals surface area (Å²) in [6.45, 7) is 1.54. The van der Waals surface area contributed by atoms with Crippen molar-refractivity contribution in [2.24, 2.45) is 5.41 Å². The van der Waals surface area contributed by atoms with Gasteiger partial charge in [0.15, 0.2) is 0 Å². The van der Waals surface area contributed by atoms with Gasteiger partial charge in [0.1, 0.15) is 4.33 Å². The van der Waals surface area contributed by atoms with Gasteiger partial charge in [0.2, 0.25) is 5.91 Å². The number of hydrogen-bond acceptors (Lipinski definition) is 2.